The van der Waals surface area contributed by atoms with E-state index in [1.807, 2.05) is 13.8 Å². The molecule has 35 heavy (non-hydrogen) atoms. The first-order valence-electron chi connectivity index (χ1n) is 14.2. The number of rotatable bonds is 1. The van der Waals surface area contributed by atoms with E-state index in [2.05, 4.69) is 20.8 Å². The molecule has 4 saturated carbocycles. The Morgan fingerprint density at radius 3 is 2.34 bits per heavy atom. The van der Waals surface area contributed by atoms with Crippen molar-refractivity contribution in [1.82, 2.24) is 0 Å². The Morgan fingerprint density at radius 2 is 1.69 bits per heavy atom. The number of fused-ring (bicyclic) bond motifs is 7. The average Bonchev–Trinajstić information content (AvgIpc) is 3.27. The lowest BCUT2D eigenvalue weighted by Gasteiger charge is -2.60. The second-order valence-corrected chi connectivity index (χ2v) is 14.4. The molecule has 0 amide bonds. The van der Waals surface area contributed by atoms with Crippen LogP contribution in [-0.4, -0.2) is 50.5 Å². The Morgan fingerprint density at radius 1 is 1.00 bits per heavy atom. The molecular weight excluding hydrogens is 444 g/mol. The van der Waals surface area contributed by atoms with Gasteiger partial charge in [-0.05, 0) is 85.9 Å². The van der Waals surface area contributed by atoms with Crippen LogP contribution in [0.3, 0.4) is 0 Å². The maximum Gasteiger partial charge on any atom is 0.195 e. The molecule has 0 aromatic heterocycles. The van der Waals surface area contributed by atoms with Crippen LogP contribution in [-0.2, 0) is 14.3 Å². The predicted molar refractivity (Wildman–Crippen MR) is 130 cm³/mol. The highest BCUT2D eigenvalue weighted by atomic mass is 16.8. The van der Waals surface area contributed by atoms with E-state index in [9.17, 15) is 20.1 Å². The van der Waals surface area contributed by atoms with Crippen molar-refractivity contribution in [1.29, 1.82) is 0 Å². The molecule has 0 aromatic rings. The quantitative estimate of drug-likeness (QED) is 0.513. The molecular formula is C29H46O6. The number of ketones is 1. The van der Waals surface area contributed by atoms with Crippen molar-refractivity contribution in [3.05, 3.63) is 0 Å². The van der Waals surface area contributed by atoms with Crippen LogP contribution in [0, 0.1) is 52.3 Å². The Hall–Kier alpha value is -0.530. The maximum atomic E-state index is 13.7. The summed E-state index contributed by atoms with van der Waals surface area (Å²) in [5.74, 6) is -1.05. The minimum atomic E-state index is -1.67. The lowest BCUT2D eigenvalue weighted by Crippen LogP contribution is -2.57. The number of aliphatic hydroxyl groups excluding tert-OH is 1. The van der Waals surface area contributed by atoms with Gasteiger partial charge in [-0.15, -0.1) is 0 Å². The van der Waals surface area contributed by atoms with Crippen molar-refractivity contribution in [2.75, 3.05) is 0 Å². The average molecular weight is 491 g/mol. The van der Waals surface area contributed by atoms with E-state index in [0.717, 1.165) is 38.5 Å². The number of hydrogen-bond acceptors (Lipinski definition) is 6. The smallest absolute Gasteiger partial charge is 0.195 e. The van der Waals surface area contributed by atoms with Gasteiger partial charge in [-0.2, -0.15) is 0 Å². The van der Waals surface area contributed by atoms with E-state index >= 15 is 0 Å². The molecule has 0 unspecified atom stereocenters. The molecule has 1 spiro atoms. The molecule has 2 saturated heterocycles. The van der Waals surface area contributed by atoms with Crippen molar-refractivity contribution in [3.63, 3.8) is 0 Å². The fourth-order valence-electron chi connectivity index (χ4n) is 10.7. The van der Waals surface area contributed by atoms with Gasteiger partial charge in [0.05, 0.1) is 12.2 Å². The van der Waals surface area contributed by atoms with Gasteiger partial charge >= 0.3 is 0 Å². The van der Waals surface area contributed by atoms with Crippen molar-refractivity contribution in [2.24, 2.45) is 52.3 Å². The lowest BCUT2D eigenvalue weighted by molar-refractivity contribution is -0.326. The summed E-state index contributed by atoms with van der Waals surface area (Å²) in [6.07, 6.45) is 6.26. The summed E-state index contributed by atoms with van der Waals surface area (Å²) in [6, 6.07) is 0. The largest absolute Gasteiger partial charge is 0.393 e. The normalized spacial score (nSPS) is 61.6. The molecule has 6 rings (SSSR count). The first kappa shape index (κ1) is 24.8. The van der Waals surface area contributed by atoms with Gasteiger partial charge in [-0.1, -0.05) is 34.6 Å². The van der Waals surface area contributed by atoms with Crippen LogP contribution in [0.2, 0.25) is 0 Å². The Labute approximate surface area is 210 Å². The zero-order chi connectivity index (χ0) is 25.3. The zero-order valence-corrected chi connectivity index (χ0v) is 22.4. The highest BCUT2D eigenvalue weighted by molar-refractivity contribution is 5.83. The summed E-state index contributed by atoms with van der Waals surface area (Å²) >= 11 is 0. The second kappa shape index (κ2) is 7.31. The summed E-state index contributed by atoms with van der Waals surface area (Å²) in [5.41, 5.74) is -1.24. The minimum absolute atomic E-state index is 0.0180. The van der Waals surface area contributed by atoms with Gasteiger partial charge in [0.1, 0.15) is 11.4 Å². The van der Waals surface area contributed by atoms with Gasteiger partial charge in [0.2, 0.25) is 0 Å². The van der Waals surface area contributed by atoms with E-state index in [0.29, 0.717) is 30.0 Å². The Kier molecular flexibility index (Phi) is 5.18. The van der Waals surface area contributed by atoms with Crippen LogP contribution in [0.25, 0.3) is 0 Å². The van der Waals surface area contributed by atoms with Crippen molar-refractivity contribution in [3.8, 4) is 0 Å². The second-order valence-electron chi connectivity index (χ2n) is 14.4. The molecule has 6 aliphatic rings. The zero-order valence-electron chi connectivity index (χ0n) is 22.4. The van der Waals surface area contributed by atoms with Gasteiger partial charge in [-0.25, -0.2) is 0 Å². The van der Waals surface area contributed by atoms with Crippen LogP contribution in [0.5, 0.6) is 0 Å². The molecule has 6 fully saturated rings. The highest BCUT2D eigenvalue weighted by Gasteiger charge is 2.75. The molecule has 2 heterocycles. The molecule has 13 atom stereocenters. The molecule has 2 aliphatic heterocycles. The number of carbonyl (C=O) groups is 1. The molecule has 0 bridgehead atoms. The summed E-state index contributed by atoms with van der Waals surface area (Å²) in [5, 5.41) is 32.9. The van der Waals surface area contributed by atoms with Crippen molar-refractivity contribution < 1.29 is 29.6 Å². The molecule has 3 N–H and O–H groups in total. The Balaban J connectivity index is 1.30. The van der Waals surface area contributed by atoms with Gasteiger partial charge < -0.3 is 24.8 Å². The van der Waals surface area contributed by atoms with Crippen LogP contribution in [0.1, 0.15) is 92.9 Å². The molecule has 0 radical (unpaired) electrons. The number of hydrogen-bond donors (Lipinski definition) is 3. The van der Waals surface area contributed by atoms with Gasteiger partial charge in [0.25, 0.3) is 0 Å². The Bertz CT molecular complexity index is 917. The lowest BCUT2D eigenvalue weighted by atomic mass is 9.44. The molecule has 198 valence electrons. The van der Waals surface area contributed by atoms with E-state index in [1.165, 1.54) is 0 Å². The van der Waals surface area contributed by atoms with Crippen LogP contribution in [0.15, 0.2) is 0 Å². The van der Waals surface area contributed by atoms with E-state index in [4.69, 9.17) is 9.47 Å². The molecule has 6 nitrogen and oxygen atoms in total. The SMILES string of the molecule is CC(C)[C@@]1(O)C[C@]2(O[C@H]3C[C@H]4[C@@H]5C(=O)C[C@H]6C[C@@H](O)CC[C@]6(C)[C@@H]5CC[C@]4(C)[C@H]3[C@@H]2C)O[C@@]1(C)O. The topological polar surface area (TPSA) is 96.2 Å². The predicted octanol–water partition coefficient (Wildman–Crippen LogP) is 4.04. The molecule has 6 heteroatoms. The first-order valence-corrected chi connectivity index (χ1v) is 14.2. The number of carbonyl (C=O) groups excluding carboxylic acids is 1. The number of aliphatic hydroxyl groups is 3. The first-order chi connectivity index (χ1) is 16.2. The fourth-order valence-corrected chi connectivity index (χ4v) is 10.7. The fraction of sp³-hybridized carbons (Fsp3) is 0.966. The summed E-state index contributed by atoms with van der Waals surface area (Å²) < 4.78 is 13.0. The summed E-state index contributed by atoms with van der Waals surface area (Å²) in [4.78, 5) is 13.7. The van der Waals surface area contributed by atoms with Gasteiger partial charge in [0, 0.05) is 24.7 Å². The maximum absolute atomic E-state index is 13.7. The number of ether oxygens (including phenoxy) is 2. The van der Waals surface area contributed by atoms with Crippen LogP contribution >= 0.6 is 0 Å². The van der Waals surface area contributed by atoms with Crippen molar-refractivity contribution >= 4 is 5.78 Å². The van der Waals surface area contributed by atoms with Gasteiger partial charge in [0.15, 0.2) is 11.6 Å². The molecule has 4 aliphatic carbocycles. The third kappa shape index (κ3) is 2.98. The third-order valence-electron chi connectivity index (χ3n) is 12.8. The van der Waals surface area contributed by atoms with E-state index in [1.54, 1.807) is 6.92 Å². The monoisotopic (exact) mass is 490 g/mol. The van der Waals surface area contributed by atoms with E-state index in [-0.39, 0.29) is 53.1 Å². The van der Waals surface area contributed by atoms with Crippen LogP contribution in [0.4, 0.5) is 0 Å². The van der Waals surface area contributed by atoms with E-state index < -0.39 is 17.2 Å². The van der Waals surface area contributed by atoms with Crippen LogP contribution < -0.4 is 0 Å². The third-order valence-corrected chi connectivity index (χ3v) is 12.8. The molecule has 0 aromatic carbocycles. The van der Waals surface area contributed by atoms with Crippen molar-refractivity contribution in [2.45, 2.75) is 122 Å². The summed E-state index contributed by atoms with van der Waals surface area (Å²) in [7, 11) is 0. The minimum Gasteiger partial charge on any atom is -0.393 e. The standard InChI is InChI=1S/C29H46O6/c1-15(2)28(33)14-29(35-27(28,6)32)16(3)24-22(34-29)13-20-23-19(8-10-26(20,24)5)25(4)9-7-18(30)11-17(25)12-21(23)31/h15-20,22-24,30,32-33H,7-14H2,1-6H3/t16-,17+,18-,19+,20-,22-,23+,24-,25-,26-,27+,28-,29-/m0/s1. The summed E-state index contributed by atoms with van der Waals surface area (Å²) in [6.45, 7) is 12.4. The van der Waals surface area contributed by atoms with Gasteiger partial charge in [-0.3, -0.25) is 4.79 Å². The highest BCUT2D eigenvalue weighted by Crippen LogP contribution is 2.72. The number of Topliss-reactive ketones (excluding diaryl/α,β-unsaturated/α-hetero) is 1.